The maximum atomic E-state index is 11.7. The van der Waals surface area contributed by atoms with E-state index in [-0.39, 0.29) is 5.91 Å². The molecule has 1 unspecified atom stereocenters. The molecule has 1 aliphatic heterocycles. The highest BCUT2D eigenvalue weighted by Crippen LogP contribution is 2.30. The first kappa shape index (κ1) is 13.7. The van der Waals surface area contributed by atoms with Crippen molar-refractivity contribution in [3.8, 4) is 11.5 Å². The van der Waals surface area contributed by atoms with Crippen LogP contribution in [-0.4, -0.2) is 25.2 Å². The molecule has 1 aromatic carbocycles. The first-order valence-electron chi connectivity index (χ1n) is 6.62. The number of nitrogens with one attached hydrogen (secondary N) is 1. The van der Waals surface area contributed by atoms with Crippen LogP contribution >= 0.6 is 0 Å². The minimum absolute atomic E-state index is 0.114. The van der Waals surface area contributed by atoms with Crippen molar-refractivity contribution in [2.45, 2.75) is 32.4 Å². The summed E-state index contributed by atoms with van der Waals surface area (Å²) in [7, 11) is 0. The molecule has 0 radical (unpaired) electrons. The van der Waals surface area contributed by atoms with Gasteiger partial charge in [-0.3, -0.25) is 4.79 Å². The predicted molar refractivity (Wildman–Crippen MR) is 72.2 cm³/mol. The van der Waals surface area contributed by atoms with Crippen molar-refractivity contribution in [2.75, 3.05) is 13.2 Å². The predicted octanol–water partition coefficient (Wildman–Crippen LogP) is 1.20. The summed E-state index contributed by atoms with van der Waals surface area (Å²) < 4.78 is 10.9. The summed E-state index contributed by atoms with van der Waals surface area (Å²) in [5.41, 5.74) is 6.72. The van der Waals surface area contributed by atoms with E-state index in [0.717, 1.165) is 23.5 Å². The number of hydrogen-bond donors (Lipinski definition) is 2. The van der Waals surface area contributed by atoms with Crippen LogP contribution in [0.4, 0.5) is 0 Å². The molecule has 1 heterocycles. The number of amides is 1. The third-order valence-electron chi connectivity index (χ3n) is 3.01. The molecule has 5 heteroatoms. The Balaban J connectivity index is 1.91. The van der Waals surface area contributed by atoms with Crippen molar-refractivity contribution in [1.82, 2.24) is 5.32 Å². The lowest BCUT2D eigenvalue weighted by atomic mass is 10.1. The standard InChI is InChI=1S/C14H20N2O3/c1-2-3-11(15)14(17)16-9-10-4-5-12-13(8-10)19-7-6-18-12/h4-5,8,11H,2-3,6-7,9,15H2,1H3,(H,16,17). The Labute approximate surface area is 113 Å². The largest absolute Gasteiger partial charge is 0.486 e. The topological polar surface area (TPSA) is 73.6 Å². The monoisotopic (exact) mass is 264 g/mol. The number of nitrogens with two attached hydrogens (primary N) is 1. The van der Waals surface area contributed by atoms with Gasteiger partial charge in [-0.15, -0.1) is 0 Å². The van der Waals surface area contributed by atoms with Crippen molar-refractivity contribution >= 4 is 5.91 Å². The molecule has 0 saturated carbocycles. The number of carbonyl (C=O) groups is 1. The first-order chi connectivity index (χ1) is 9.20. The van der Waals surface area contributed by atoms with Gasteiger partial charge < -0.3 is 20.5 Å². The molecule has 1 aromatic rings. The van der Waals surface area contributed by atoms with Gasteiger partial charge in [0.2, 0.25) is 5.91 Å². The van der Waals surface area contributed by atoms with Crippen molar-refractivity contribution in [2.24, 2.45) is 5.73 Å². The molecule has 0 fully saturated rings. The lowest BCUT2D eigenvalue weighted by Gasteiger charge is -2.19. The molecular formula is C14H20N2O3. The number of benzene rings is 1. The zero-order chi connectivity index (χ0) is 13.7. The molecule has 0 spiro atoms. The molecular weight excluding hydrogens is 244 g/mol. The number of hydrogen-bond acceptors (Lipinski definition) is 4. The maximum Gasteiger partial charge on any atom is 0.237 e. The summed E-state index contributed by atoms with van der Waals surface area (Å²) in [5, 5.41) is 2.83. The van der Waals surface area contributed by atoms with Gasteiger partial charge in [0.05, 0.1) is 6.04 Å². The van der Waals surface area contributed by atoms with Crippen LogP contribution in [0.5, 0.6) is 11.5 Å². The Hall–Kier alpha value is -1.75. The van der Waals surface area contributed by atoms with Crippen molar-refractivity contribution in [1.29, 1.82) is 0 Å². The van der Waals surface area contributed by atoms with Gasteiger partial charge in [-0.1, -0.05) is 19.4 Å². The van der Waals surface area contributed by atoms with E-state index in [2.05, 4.69) is 5.32 Å². The highest BCUT2D eigenvalue weighted by Gasteiger charge is 2.14. The summed E-state index contributed by atoms with van der Waals surface area (Å²) in [5.74, 6) is 1.37. The van der Waals surface area contributed by atoms with Crippen molar-refractivity contribution < 1.29 is 14.3 Å². The van der Waals surface area contributed by atoms with Gasteiger partial charge in [0.25, 0.3) is 0 Å². The van der Waals surface area contributed by atoms with Crippen LogP contribution in [0.15, 0.2) is 18.2 Å². The first-order valence-corrected chi connectivity index (χ1v) is 6.62. The molecule has 2 rings (SSSR count). The molecule has 0 aliphatic carbocycles. The molecule has 1 amide bonds. The van der Waals surface area contributed by atoms with Gasteiger partial charge in [-0.2, -0.15) is 0 Å². The third kappa shape index (κ3) is 3.61. The van der Waals surface area contributed by atoms with E-state index in [0.29, 0.717) is 26.2 Å². The second-order valence-electron chi connectivity index (χ2n) is 4.59. The van der Waals surface area contributed by atoms with Crippen LogP contribution in [0.3, 0.4) is 0 Å². The van der Waals surface area contributed by atoms with Crippen molar-refractivity contribution in [3.05, 3.63) is 23.8 Å². The summed E-state index contributed by atoms with van der Waals surface area (Å²) in [6, 6.07) is 5.24. The molecule has 1 atom stereocenters. The van der Waals surface area contributed by atoms with Gasteiger partial charge in [0.1, 0.15) is 13.2 Å². The Kier molecular flexibility index (Phi) is 4.63. The number of fused-ring (bicyclic) bond motifs is 1. The van der Waals surface area contributed by atoms with E-state index in [1.54, 1.807) is 0 Å². The Morgan fingerprint density at radius 2 is 2.11 bits per heavy atom. The number of rotatable bonds is 5. The fourth-order valence-corrected chi connectivity index (χ4v) is 1.96. The second kappa shape index (κ2) is 6.43. The molecule has 0 aromatic heterocycles. The minimum atomic E-state index is -0.429. The zero-order valence-electron chi connectivity index (χ0n) is 11.1. The van der Waals surface area contributed by atoms with Crippen LogP contribution < -0.4 is 20.5 Å². The van der Waals surface area contributed by atoms with Crippen LogP contribution in [0.25, 0.3) is 0 Å². The Morgan fingerprint density at radius 3 is 2.84 bits per heavy atom. The molecule has 0 bridgehead atoms. The summed E-state index contributed by atoms with van der Waals surface area (Å²) in [6.07, 6.45) is 1.60. The minimum Gasteiger partial charge on any atom is -0.486 e. The lowest BCUT2D eigenvalue weighted by molar-refractivity contribution is -0.122. The van der Waals surface area contributed by atoms with Crippen molar-refractivity contribution in [3.63, 3.8) is 0 Å². The quantitative estimate of drug-likeness (QED) is 0.838. The molecule has 5 nitrogen and oxygen atoms in total. The summed E-state index contributed by atoms with van der Waals surface area (Å²) >= 11 is 0. The normalized spacial score (nSPS) is 14.8. The SMILES string of the molecule is CCCC(N)C(=O)NCc1ccc2c(c1)OCCO2. The maximum absolute atomic E-state index is 11.7. The van der Waals surface area contributed by atoms with Crippen LogP contribution in [0.2, 0.25) is 0 Å². The van der Waals surface area contributed by atoms with E-state index in [1.165, 1.54) is 0 Å². The third-order valence-corrected chi connectivity index (χ3v) is 3.01. The van der Waals surface area contributed by atoms with Gasteiger partial charge >= 0.3 is 0 Å². The van der Waals surface area contributed by atoms with Crippen LogP contribution in [-0.2, 0) is 11.3 Å². The average Bonchev–Trinajstić information content (AvgIpc) is 2.44. The second-order valence-corrected chi connectivity index (χ2v) is 4.59. The Morgan fingerprint density at radius 1 is 1.37 bits per heavy atom. The molecule has 104 valence electrons. The average molecular weight is 264 g/mol. The highest BCUT2D eigenvalue weighted by molar-refractivity contribution is 5.81. The van der Waals surface area contributed by atoms with Crippen LogP contribution in [0, 0.1) is 0 Å². The zero-order valence-corrected chi connectivity index (χ0v) is 11.1. The van der Waals surface area contributed by atoms with Crippen LogP contribution in [0.1, 0.15) is 25.3 Å². The highest BCUT2D eigenvalue weighted by atomic mass is 16.6. The smallest absolute Gasteiger partial charge is 0.237 e. The fourth-order valence-electron chi connectivity index (χ4n) is 1.96. The van der Waals surface area contributed by atoms with Gasteiger partial charge in [-0.25, -0.2) is 0 Å². The van der Waals surface area contributed by atoms with E-state index >= 15 is 0 Å². The van der Waals surface area contributed by atoms with Gasteiger partial charge in [0, 0.05) is 6.54 Å². The lowest BCUT2D eigenvalue weighted by Crippen LogP contribution is -2.40. The van der Waals surface area contributed by atoms with E-state index in [1.807, 2.05) is 25.1 Å². The van der Waals surface area contributed by atoms with Gasteiger partial charge in [0.15, 0.2) is 11.5 Å². The fraction of sp³-hybridized carbons (Fsp3) is 0.500. The number of carbonyl (C=O) groups excluding carboxylic acids is 1. The molecule has 3 N–H and O–H groups in total. The van der Waals surface area contributed by atoms with E-state index in [4.69, 9.17) is 15.2 Å². The number of ether oxygens (including phenoxy) is 2. The summed E-state index contributed by atoms with van der Waals surface area (Å²) in [4.78, 5) is 11.7. The Bertz CT molecular complexity index is 448. The summed E-state index contributed by atoms with van der Waals surface area (Å²) in [6.45, 7) is 3.60. The van der Waals surface area contributed by atoms with E-state index in [9.17, 15) is 4.79 Å². The van der Waals surface area contributed by atoms with Gasteiger partial charge in [-0.05, 0) is 24.1 Å². The van der Waals surface area contributed by atoms with E-state index < -0.39 is 6.04 Å². The molecule has 19 heavy (non-hydrogen) atoms. The molecule has 0 saturated heterocycles. The molecule has 1 aliphatic rings.